The number of hydrogen-bond acceptors (Lipinski definition) is 4. The molecule has 1 aromatic carbocycles. The fourth-order valence-electron chi connectivity index (χ4n) is 2.48. The molecule has 2 heterocycles. The molecule has 100 valence electrons. The van der Waals surface area contributed by atoms with Crippen LogP contribution in [-0.2, 0) is 0 Å². The van der Waals surface area contributed by atoms with Crippen molar-refractivity contribution >= 4 is 11.3 Å². The number of aryl methyl sites for hydroxylation is 1. The molecule has 1 aliphatic rings. The van der Waals surface area contributed by atoms with Gasteiger partial charge in [0.1, 0.15) is 17.6 Å². The zero-order valence-electron chi connectivity index (χ0n) is 11.1. The van der Waals surface area contributed by atoms with Gasteiger partial charge in [0.2, 0.25) is 0 Å². The monoisotopic (exact) mass is 275 g/mol. The molecule has 3 nitrogen and oxygen atoms in total. The fourth-order valence-corrected chi connectivity index (χ4v) is 3.45. The summed E-state index contributed by atoms with van der Waals surface area (Å²) in [5.74, 6) is 1.70. The largest absolute Gasteiger partial charge is 0.497 e. The molecule has 3 rings (SSSR count). The van der Waals surface area contributed by atoms with Crippen LogP contribution in [0, 0.1) is 6.92 Å². The van der Waals surface area contributed by atoms with Gasteiger partial charge < -0.3 is 15.2 Å². The summed E-state index contributed by atoms with van der Waals surface area (Å²) >= 11 is 1.74. The fraction of sp³-hybridized carbons (Fsp3) is 0.333. The predicted molar refractivity (Wildman–Crippen MR) is 77.0 cm³/mol. The molecule has 0 aliphatic carbocycles. The average Bonchev–Trinajstić information content (AvgIpc) is 2.84. The number of ether oxygens (including phenoxy) is 2. The molecule has 0 amide bonds. The molecule has 2 atom stereocenters. The lowest BCUT2D eigenvalue weighted by Gasteiger charge is -2.30. The SMILES string of the molecule is COc1ccc2c(c1)C(N)CC(c1sccc1C)O2. The summed E-state index contributed by atoms with van der Waals surface area (Å²) in [5.41, 5.74) is 8.59. The molecular formula is C15H17NO2S. The van der Waals surface area contributed by atoms with E-state index in [2.05, 4.69) is 18.4 Å². The van der Waals surface area contributed by atoms with E-state index in [1.165, 1.54) is 10.4 Å². The Balaban J connectivity index is 1.94. The smallest absolute Gasteiger partial charge is 0.135 e. The lowest BCUT2D eigenvalue weighted by molar-refractivity contribution is 0.164. The van der Waals surface area contributed by atoms with Gasteiger partial charge in [-0.25, -0.2) is 0 Å². The minimum Gasteiger partial charge on any atom is -0.497 e. The quantitative estimate of drug-likeness (QED) is 0.911. The summed E-state index contributed by atoms with van der Waals surface area (Å²) in [6.45, 7) is 2.12. The second-order valence-corrected chi connectivity index (χ2v) is 5.77. The van der Waals surface area contributed by atoms with Gasteiger partial charge in [-0.3, -0.25) is 0 Å². The topological polar surface area (TPSA) is 44.5 Å². The van der Waals surface area contributed by atoms with Gasteiger partial charge in [-0.1, -0.05) is 0 Å². The lowest BCUT2D eigenvalue weighted by Crippen LogP contribution is -2.24. The van der Waals surface area contributed by atoms with Crippen molar-refractivity contribution in [3.8, 4) is 11.5 Å². The Morgan fingerprint density at radius 1 is 1.37 bits per heavy atom. The van der Waals surface area contributed by atoms with Crippen LogP contribution in [-0.4, -0.2) is 7.11 Å². The number of benzene rings is 1. The minimum absolute atomic E-state index is 0.00894. The highest BCUT2D eigenvalue weighted by Gasteiger charge is 2.28. The molecule has 0 spiro atoms. The van der Waals surface area contributed by atoms with E-state index in [1.807, 2.05) is 18.2 Å². The summed E-state index contributed by atoms with van der Waals surface area (Å²) in [6.07, 6.45) is 0.873. The lowest BCUT2D eigenvalue weighted by atomic mass is 9.95. The van der Waals surface area contributed by atoms with Crippen LogP contribution in [0.1, 0.15) is 34.6 Å². The van der Waals surface area contributed by atoms with E-state index in [0.717, 1.165) is 23.5 Å². The number of hydrogen-bond donors (Lipinski definition) is 1. The van der Waals surface area contributed by atoms with E-state index in [0.29, 0.717) is 0 Å². The van der Waals surface area contributed by atoms with E-state index in [4.69, 9.17) is 15.2 Å². The molecule has 2 aromatic rings. The second-order valence-electron chi connectivity index (χ2n) is 4.82. The van der Waals surface area contributed by atoms with Gasteiger partial charge in [-0.05, 0) is 42.1 Å². The molecule has 4 heteroatoms. The molecule has 0 saturated heterocycles. The summed E-state index contributed by atoms with van der Waals surface area (Å²) in [5, 5.41) is 2.10. The van der Waals surface area contributed by atoms with E-state index in [9.17, 15) is 0 Å². The van der Waals surface area contributed by atoms with Crippen LogP contribution in [0.4, 0.5) is 0 Å². The first-order valence-corrected chi connectivity index (χ1v) is 7.21. The Hall–Kier alpha value is -1.52. The predicted octanol–water partition coefficient (Wildman–Crippen LogP) is 3.59. The number of nitrogens with two attached hydrogens (primary N) is 1. The van der Waals surface area contributed by atoms with Gasteiger partial charge in [0.15, 0.2) is 0 Å². The molecule has 0 radical (unpaired) electrons. The van der Waals surface area contributed by atoms with Gasteiger partial charge in [0.05, 0.1) is 7.11 Å². The number of methoxy groups -OCH3 is 1. The number of thiophene rings is 1. The third-order valence-corrected chi connectivity index (χ3v) is 4.66. The number of fused-ring (bicyclic) bond motifs is 1. The maximum Gasteiger partial charge on any atom is 0.135 e. The zero-order valence-corrected chi connectivity index (χ0v) is 11.9. The summed E-state index contributed by atoms with van der Waals surface area (Å²) in [4.78, 5) is 1.27. The van der Waals surface area contributed by atoms with E-state index in [-0.39, 0.29) is 12.1 Å². The Morgan fingerprint density at radius 3 is 2.89 bits per heavy atom. The van der Waals surface area contributed by atoms with Crippen molar-refractivity contribution in [3.63, 3.8) is 0 Å². The molecule has 2 unspecified atom stereocenters. The van der Waals surface area contributed by atoms with Crippen LogP contribution in [0.5, 0.6) is 11.5 Å². The van der Waals surface area contributed by atoms with Crippen LogP contribution in [0.3, 0.4) is 0 Å². The van der Waals surface area contributed by atoms with Crippen molar-refractivity contribution in [3.05, 3.63) is 45.6 Å². The van der Waals surface area contributed by atoms with E-state index < -0.39 is 0 Å². The summed E-state index contributed by atoms with van der Waals surface area (Å²) < 4.78 is 11.3. The highest BCUT2D eigenvalue weighted by atomic mass is 32.1. The third kappa shape index (κ3) is 2.22. The first-order valence-electron chi connectivity index (χ1n) is 6.33. The van der Waals surface area contributed by atoms with Crippen LogP contribution in [0.15, 0.2) is 29.6 Å². The molecule has 1 aromatic heterocycles. The maximum absolute atomic E-state index is 6.29. The summed E-state index contributed by atoms with van der Waals surface area (Å²) in [6, 6.07) is 7.94. The second kappa shape index (κ2) is 4.87. The molecule has 0 fully saturated rings. The van der Waals surface area contributed by atoms with Crippen LogP contribution in [0.2, 0.25) is 0 Å². The van der Waals surface area contributed by atoms with Crippen molar-refractivity contribution in [2.75, 3.05) is 7.11 Å². The van der Waals surface area contributed by atoms with E-state index in [1.54, 1.807) is 18.4 Å². The third-order valence-electron chi connectivity index (χ3n) is 3.55. The van der Waals surface area contributed by atoms with Crippen molar-refractivity contribution in [1.29, 1.82) is 0 Å². The normalized spacial score (nSPS) is 21.6. The van der Waals surface area contributed by atoms with Crippen LogP contribution < -0.4 is 15.2 Å². The van der Waals surface area contributed by atoms with Crippen molar-refractivity contribution < 1.29 is 9.47 Å². The highest BCUT2D eigenvalue weighted by molar-refractivity contribution is 7.10. The van der Waals surface area contributed by atoms with Gasteiger partial charge >= 0.3 is 0 Å². The summed E-state index contributed by atoms with van der Waals surface area (Å²) in [7, 11) is 1.66. The van der Waals surface area contributed by atoms with Gasteiger partial charge in [-0.2, -0.15) is 0 Å². The van der Waals surface area contributed by atoms with Crippen LogP contribution >= 0.6 is 11.3 Å². The molecular weight excluding hydrogens is 258 g/mol. The molecule has 1 aliphatic heterocycles. The average molecular weight is 275 g/mol. The Bertz CT molecular complexity index is 594. The zero-order chi connectivity index (χ0) is 13.4. The molecule has 0 bridgehead atoms. The first-order chi connectivity index (χ1) is 9.19. The van der Waals surface area contributed by atoms with Crippen molar-refractivity contribution in [2.45, 2.75) is 25.5 Å². The van der Waals surface area contributed by atoms with Crippen LogP contribution in [0.25, 0.3) is 0 Å². The Morgan fingerprint density at radius 2 is 2.21 bits per heavy atom. The minimum atomic E-state index is -0.00894. The molecule has 0 saturated carbocycles. The molecule has 19 heavy (non-hydrogen) atoms. The Labute approximate surface area is 117 Å². The van der Waals surface area contributed by atoms with Gasteiger partial charge in [0.25, 0.3) is 0 Å². The number of rotatable bonds is 2. The highest BCUT2D eigenvalue weighted by Crippen LogP contribution is 2.42. The van der Waals surface area contributed by atoms with Crippen molar-refractivity contribution in [1.82, 2.24) is 0 Å². The molecule has 2 N–H and O–H groups in total. The van der Waals surface area contributed by atoms with Crippen molar-refractivity contribution in [2.24, 2.45) is 5.73 Å². The maximum atomic E-state index is 6.29. The van der Waals surface area contributed by atoms with E-state index >= 15 is 0 Å². The first kappa shape index (κ1) is 12.5. The van der Waals surface area contributed by atoms with Gasteiger partial charge in [-0.15, -0.1) is 11.3 Å². The Kier molecular flexibility index (Phi) is 3.21. The standard InChI is InChI=1S/C15H17NO2S/c1-9-5-6-19-15(9)14-8-12(16)11-7-10(17-2)3-4-13(11)18-14/h3-7,12,14H,8,16H2,1-2H3. The van der Waals surface area contributed by atoms with Gasteiger partial charge in [0, 0.05) is 22.9 Å².